The van der Waals surface area contributed by atoms with Gasteiger partial charge in [0.25, 0.3) is 0 Å². The zero-order valence-corrected chi connectivity index (χ0v) is 8.13. The second-order valence-corrected chi connectivity index (χ2v) is 3.47. The van der Waals surface area contributed by atoms with Crippen LogP contribution in [0.3, 0.4) is 0 Å². The van der Waals surface area contributed by atoms with Crippen LogP contribution in [-0.4, -0.2) is 26.4 Å². The van der Waals surface area contributed by atoms with Crippen molar-refractivity contribution < 1.29 is 9.47 Å². The van der Waals surface area contributed by atoms with Crippen molar-refractivity contribution in [1.82, 2.24) is 0 Å². The molecule has 1 heterocycles. The molecule has 1 rings (SSSR count). The van der Waals surface area contributed by atoms with Gasteiger partial charge in [-0.1, -0.05) is 0 Å². The van der Waals surface area contributed by atoms with E-state index in [1.54, 1.807) is 0 Å². The Morgan fingerprint density at radius 2 is 2.38 bits per heavy atom. The fraction of sp³-hybridized carbons (Fsp3) is 0.818. The fourth-order valence-electron chi connectivity index (χ4n) is 1.40. The van der Waals surface area contributed by atoms with Gasteiger partial charge in [0.2, 0.25) is 0 Å². The number of unbranched alkanes of at least 4 members (excludes halogenated alkanes) is 2. The molecule has 1 aliphatic rings. The van der Waals surface area contributed by atoms with E-state index in [9.17, 15) is 0 Å². The largest absolute Gasteiger partial charge is 0.381 e. The molecule has 0 aliphatic carbocycles. The van der Waals surface area contributed by atoms with Crippen molar-refractivity contribution in [3.63, 3.8) is 0 Å². The van der Waals surface area contributed by atoms with Crippen molar-refractivity contribution in [2.45, 2.75) is 25.7 Å². The van der Waals surface area contributed by atoms with Crippen LogP contribution in [0.2, 0.25) is 0 Å². The molecule has 0 unspecified atom stereocenters. The molecular weight excluding hydrogens is 164 g/mol. The molecule has 1 atom stereocenters. The summed E-state index contributed by atoms with van der Waals surface area (Å²) in [7, 11) is 0. The van der Waals surface area contributed by atoms with Gasteiger partial charge in [-0.25, -0.2) is 0 Å². The smallest absolute Gasteiger partial charge is 0.0517 e. The average Bonchev–Trinajstić information content (AvgIpc) is 2.63. The topological polar surface area (TPSA) is 18.5 Å². The summed E-state index contributed by atoms with van der Waals surface area (Å²) in [4.78, 5) is 0. The monoisotopic (exact) mass is 182 g/mol. The lowest BCUT2D eigenvalue weighted by molar-refractivity contribution is 0.0876. The quantitative estimate of drug-likeness (QED) is 0.461. The molecule has 0 spiro atoms. The number of ether oxygens (including phenoxy) is 2. The van der Waals surface area contributed by atoms with E-state index in [0.717, 1.165) is 52.1 Å². The first-order valence-electron chi connectivity index (χ1n) is 5.02. The lowest BCUT2D eigenvalue weighted by Crippen LogP contribution is -2.09. The third kappa shape index (κ3) is 4.92. The maximum atomic E-state index is 5.52. The molecule has 2 nitrogen and oxygen atoms in total. The Labute approximate surface area is 80.6 Å². The van der Waals surface area contributed by atoms with E-state index in [4.69, 9.17) is 15.9 Å². The Morgan fingerprint density at radius 1 is 1.46 bits per heavy atom. The van der Waals surface area contributed by atoms with Crippen molar-refractivity contribution in [1.29, 1.82) is 0 Å². The van der Waals surface area contributed by atoms with Crippen molar-refractivity contribution in [3.8, 4) is 12.3 Å². The van der Waals surface area contributed by atoms with E-state index in [1.807, 2.05) is 0 Å². The first-order valence-corrected chi connectivity index (χ1v) is 5.02. The highest BCUT2D eigenvalue weighted by Gasteiger charge is 2.14. The molecule has 74 valence electrons. The van der Waals surface area contributed by atoms with Gasteiger partial charge in [-0.15, -0.1) is 12.3 Å². The molecule has 0 radical (unpaired) electrons. The van der Waals surface area contributed by atoms with Crippen LogP contribution in [0.15, 0.2) is 0 Å². The molecule has 0 saturated carbocycles. The van der Waals surface area contributed by atoms with Crippen LogP contribution in [-0.2, 0) is 9.47 Å². The minimum atomic E-state index is 0.632. The number of terminal acetylenes is 1. The van der Waals surface area contributed by atoms with Crippen LogP contribution in [0, 0.1) is 18.3 Å². The number of rotatable bonds is 6. The summed E-state index contributed by atoms with van der Waals surface area (Å²) in [5, 5.41) is 0. The average molecular weight is 182 g/mol. The molecule has 0 aromatic heterocycles. The van der Waals surface area contributed by atoms with Gasteiger partial charge in [0.05, 0.1) is 13.2 Å². The van der Waals surface area contributed by atoms with Crippen molar-refractivity contribution in [2.24, 2.45) is 5.92 Å². The maximum absolute atomic E-state index is 5.52. The van der Waals surface area contributed by atoms with Gasteiger partial charge in [-0.05, 0) is 19.3 Å². The van der Waals surface area contributed by atoms with Gasteiger partial charge >= 0.3 is 0 Å². The molecule has 0 aromatic carbocycles. The Bertz CT molecular complexity index is 154. The second kappa shape index (κ2) is 6.94. The molecule has 1 saturated heterocycles. The second-order valence-electron chi connectivity index (χ2n) is 3.47. The van der Waals surface area contributed by atoms with E-state index in [2.05, 4.69) is 5.92 Å². The molecule has 1 aliphatic heterocycles. The molecule has 0 bridgehead atoms. The molecule has 1 fully saturated rings. The predicted octanol–water partition coefficient (Wildman–Crippen LogP) is 1.84. The first kappa shape index (κ1) is 10.6. The van der Waals surface area contributed by atoms with Crippen LogP contribution in [0.1, 0.15) is 25.7 Å². The Kier molecular flexibility index (Phi) is 5.64. The van der Waals surface area contributed by atoms with E-state index in [-0.39, 0.29) is 0 Å². The lowest BCUT2D eigenvalue weighted by atomic mass is 10.1. The molecule has 0 N–H and O–H groups in total. The number of hydrogen-bond acceptors (Lipinski definition) is 2. The van der Waals surface area contributed by atoms with Crippen LogP contribution in [0.5, 0.6) is 0 Å². The minimum absolute atomic E-state index is 0.632. The summed E-state index contributed by atoms with van der Waals surface area (Å²) in [6.07, 6.45) is 9.33. The maximum Gasteiger partial charge on any atom is 0.0517 e. The minimum Gasteiger partial charge on any atom is -0.381 e. The van der Waals surface area contributed by atoms with Crippen LogP contribution in [0.25, 0.3) is 0 Å². The summed E-state index contributed by atoms with van der Waals surface area (Å²) in [6, 6.07) is 0. The highest BCUT2D eigenvalue weighted by Crippen LogP contribution is 2.12. The van der Waals surface area contributed by atoms with Gasteiger partial charge in [0.1, 0.15) is 0 Å². The molecule has 13 heavy (non-hydrogen) atoms. The fourth-order valence-corrected chi connectivity index (χ4v) is 1.40. The standard InChI is InChI=1S/C11H18O2/c1-2-3-4-5-7-12-9-11-6-8-13-10-11/h1,11H,3-10H2/t11-/m0/s1. The predicted molar refractivity (Wildman–Crippen MR) is 52.4 cm³/mol. The summed E-state index contributed by atoms with van der Waals surface area (Å²) in [5.41, 5.74) is 0. The van der Waals surface area contributed by atoms with E-state index >= 15 is 0 Å². The van der Waals surface area contributed by atoms with Gasteiger partial charge in [-0.2, -0.15) is 0 Å². The van der Waals surface area contributed by atoms with Gasteiger partial charge < -0.3 is 9.47 Å². The highest BCUT2D eigenvalue weighted by molar-refractivity contribution is 4.82. The first-order chi connectivity index (χ1) is 6.43. The van der Waals surface area contributed by atoms with E-state index in [0.29, 0.717) is 5.92 Å². The summed E-state index contributed by atoms with van der Waals surface area (Å²) >= 11 is 0. The van der Waals surface area contributed by atoms with Gasteiger partial charge in [0.15, 0.2) is 0 Å². The Balaban J connectivity index is 1.81. The van der Waals surface area contributed by atoms with Crippen LogP contribution >= 0.6 is 0 Å². The molecule has 0 amide bonds. The zero-order chi connectivity index (χ0) is 9.36. The third-order valence-corrected chi connectivity index (χ3v) is 2.24. The third-order valence-electron chi connectivity index (χ3n) is 2.24. The van der Waals surface area contributed by atoms with Gasteiger partial charge in [-0.3, -0.25) is 0 Å². The summed E-state index contributed by atoms with van der Waals surface area (Å²) in [6.45, 7) is 3.49. The van der Waals surface area contributed by atoms with Crippen molar-refractivity contribution in [2.75, 3.05) is 26.4 Å². The Hall–Kier alpha value is -0.520. The normalized spacial score (nSPS) is 21.6. The SMILES string of the molecule is C#CCCCCOC[C@@H]1CCOC1. The van der Waals surface area contributed by atoms with Gasteiger partial charge in [0, 0.05) is 25.6 Å². The van der Waals surface area contributed by atoms with Crippen molar-refractivity contribution >= 4 is 0 Å². The molecule has 2 heteroatoms. The van der Waals surface area contributed by atoms with Crippen LogP contribution < -0.4 is 0 Å². The lowest BCUT2D eigenvalue weighted by Gasteiger charge is -2.07. The zero-order valence-electron chi connectivity index (χ0n) is 8.13. The number of hydrogen-bond donors (Lipinski definition) is 0. The van der Waals surface area contributed by atoms with Crippen LogP contribution in [0.4, 0.5) is 0 Å². The summed E-state index contributed by atoms with van der Waals surface area (Å²) in [5.74, 6) is 3.26. The highest BCUT2D eigenvalue weighted by atomic mass is 16.5. The van der Waals surface area contributed by atoms with Crippen molar-refractivity contribution in [3.05, 3.63) is 0 Å². The van der Waals surface area contributed by atoms with E-state index < -0.39 is 0 Å². The summed E-state index contributed by atoms with van der Waals surface area (Å²) < 4.78 is 10.8. The molecular formula is C11H18O2. The molecule has 0 aromatic rings. The van der Waals surface area contributed by atoms with E-state index in [1.165, 1.54) is 0 Å². The Morgan fingerprint density at radius 3 is 3.08 bits per heavy atom.